The van der Waals surface area contributed by atoms with Crippen LogP contribution in [-0.2, 0) is 4.79 Å². The molecule has 0 spiro atoms. The summed E-state index contributed by atoms with van der Waals surface area (Å²) in [7, 11) is 0. The summed E-state index contributed by atoms with van der Waals surface area (Å²) in [5, 5.41) is 0. The molecule has 24 heavy (non-hydrogen) atoms. The molecule has 130 valence electrons. The molecule has 1 aromatic rings. The van der Waals surface area contributed by atoms with Crippen LogP contribution in [0.3, 0.4) is 0 Å². The van der Waals surface area contributed by atoms with E-state index in [0.29, 0.717) is 23.6 Å². The van der Waals surface area contributed by atoms with Gasteiger partial charge in [-0.15, -0.1) is 6.58 Å². The monoisotopic (exact) mass is 340 g/mol. The van der Waals surface area contributed by atoms with Gasteiger partial charge in [-0.2, -0.15) is 13.2 Å². The third-order valence-corrected chi connectivity index (χ3v) is 3.76. The molecule has 0 radical (unpaired) electrons. The van der Waals surface area contributed by atoms with Crippen LogP contribution in [0.2, 0.25) is 0 Å². The second-order valence-corrected chi connectivity index (χ2v) is 5.64. The molecule has 0 atom stereocenters. The van der Waals surface area contributed by atoms with Crippen molar-refractivity contribution < 1.29 is 22.8 Å². The normalized spacial score (nSPS) is 15.3. The number of rotatable bonds is 5. The molecule has 2 rings (SSSR count). The largest absolute Gasteiger partial charge is 0.406 e. The van der Waals surface area contributed by atoms with Gasteiger partial charge in [-0.1, -0.05) is 6.08 Å². The van der Waals surface area contributed by atoms with Crippen molar-refractivity contribution in [3.8, 4) is 0 Å². The summed E-state index contributed by atoms with van der Waals surface area (Å²) < 4.78 is 37.7. The summed E-state index contributed by atoms with van der Waals surface area (Å²) in [6, 6.07) is 6.09. The number of piperidine rings is 1. The van der Waals surface area contributed by atoms with E-state index < -0.39 is 18.6 Å². The summed E-state index contributed by atoms with van der Waals surface area (Å²) in [6.45, 7) is 2.48. The predicted octanol–water partition coefficient (Wildman–Crippen LogP) is 3.39. The van der Waals surface area contributed by atoms with Gasteiger partial charge >= 0.3 is 6.18 Å². The first-order valence-corrected chi connectivity index (χ1v) is 7.69. The van der Waals surface area contributed by atoms with Crippen LogP contribution in [0.1, 0.15) is 29.6 Å². The molecule has 0 saturated carbocycles. The quantitative estimate of drug-likeness (QED) is 0.771. The third kappa shape index (κ3) is 4.59. The maximum atomic E-state index is 12.6. The summed E-state index contributed by atoms with van der Waals surface area (Å²) in [5.41, 5.74) is 0.802. The van der Waals surface area contributed by atoms with Crippen molar-refractivity contribution in [2.75, 3.05) is 24.5 Å². The molecule has 0 bridgehead atoms. The van der Waals surface area contributed by atoms with Gasteiger partial charge in [-0.25, -0.2) is 0 Å². The lowest BCUT2D eigenvalue weighted by Gasteiger charge is -2.27. The zero-order chi connectivity index (χ0) is 17.7. The molecule has 7 heteroatoms. The van der Waals surface area contributed by atoms with Crippen LogP contribution in [-0.4, -0.2) is 42.5 Å². The van der Waals surface area contributed by atoms with Crippen molar-refractivity contribution in [1.29, 1.82) is 0 Å². The van der Waals surface area contributed by atoms with Gasteiger partial charge in [0.15, 0.2) is 0 Å². The first kappa shape index (κ1) is 18.0. The fourth-order valence-electron chi connectivity index (χ4n) is 2.64. The molecule has 1 fully saturated rings. The first-order valence-electron chi connectivity index (χ1n) is 7.69. The van der Waals surface area contributed by atoms with Crippen molar-refractivity contribution in [1.82, 2.24) is 4.90 Å². The Kier molecular flexibility index (Phi) is 5.64. The Hall–Kier alpha value is -2.31. The number of hydrogen-bond acceptors (Lipinski definition) is 2. The number of amides is 2. The minimum Gasteiger partial charge on any atom is -0.326 e. The third-order valence-electron chi connectivity index (χ3n) is 3.76. The van der Waals surface area contributed by atoms with E-state index in [1.807, 2.05) is 0 Å². The van der Waals surface area contributed by atoms with Gasteiger partial charge in [-0.05, 0) is 37.1 Å². The van der Waals surface area contributed by atoms with Crippen molar-refractivity contribution in [2.24, 2.45) is 0 Å². The molecule has 1 aromatic carbocycles. The van der Waals surface area contributed by atoms with Crippen LogP contribution in [0, 0.1) is 0 Å². The van der Waals surface area contributed by atoms with Gasteiger partial charge in [0.05, 0.1) is 0 Å². The zero-order valence-corrected chi connectivity index (χ0v) is 13.2. The first-order chi connectivity index (χ1) is 11.3. The zero-order valence-electron chi connectivity index (χ0n) is 13.2. The van der Waals surface area contributed by atoms with Crippen LogP contribution in [0.25, 0.3) is 0 Å². The fourth-order valence-corrected chi connectivity index (χ4v) is 2.64. The van der Waals surface area contributed by atoms with Gasteiger partial charge in [-0.3, -0.25) is 9.59 Å². The number of carbonyl (C=O) groups is 2. The summed E-state index contributed by atoms with van der Waals surface area (Å²) in [6.07, 6.45) is -0.965. The number of halogens is 3. The van der Waals surface area contributed by atoms with Crippen molar-refractivity contribution in [3.05, 3.63) is 42.5 Å². The molecular formula is C17H19F3N2O2. The molecule has 1 saturated heterocycles. The van der Waals surface area contributed by atoms with Gasteiger partial charge < -0.3 is 9.80 Å². The molecule has 1 aliphatic rings. The molecule has 2 amide bonds. The molecule has 0 aliphatic carbocycles. The van der Waals surface area contributed by atoms with Crippen LogP contribution in [0.5, 0.6) is 0 Å². The Morgan fingerprint density at radius 3 is 2.46 bits per heavy atom. The SMILES string of the molecule is C=CCN(CC(F)(F)F)C(=O)c1ccc(N2CCCCC2=O)cc1. The van der Waals surface area contributed by atoms with Crippen LogP contribution >= 0.6 is 0 Å². The fraction of sp³-hybridized carbons (Fsp3) is 0.412. The van der Waals surface area contributed by atoms with E-state index in [0.717, 1.165) is 12.8 Å². The van der Waals surface area contributed by atoms with E-state index in [1.165, 1.54) is 18.2 Å². The van der Waals surface area contributed by atoms with E-state index in [-0.39, 0.29) is 18.0 Å². The highest BCUT2D eigenvalue weighted by Gasteiger charge is 2.33. The lowest BCUT2D eigenvalue weighted by Crippen LogP contribution is -2.39. The number of carbonyl (C=O) groups excluding carboxylic acids is 2. The lowest BCUT2D eigenvalue weighted by molar-refractivity contribution is -0.139. The molecule has 0 N–H and O–H groups in total. The highest BCUT2D eigenvalue weighted by atomic mass is 19.4. The Balaban J connectivity index is 2.14. The van der Waals surface area contributed by atoms with Crippen molar-refractivity contribution in [2.45, 2.75) is 25.4 Å². The molecule has 1 aliphatic heterocycles. The lowest BCUT2D eigenvalue weighted by atomic mass is 10.1. The maximum Gasteiger partial charge on any atom is 0.406 e. The van der Waals surface area contributed by atoms with Gasteiger partial charge in [0.2, 0.25) is 5.91 Å². The second-order valence-electron chi connectivity index (χ2n) is 5.64. The van der Waals surface area contributed by atoms with Crippen molar-refractivity contribution in [3.63, 3.8) is 0 Å². The average Bonchev–Trinajstić information content (AvgIpc) is 2.53. The van der Waals surface area contributed by atoms with E-state index in [9.17, 15) is 22.8 Å². The topological polar surface area (TPSA) is 40.6 Å². The second kappa shape index (κ2) is 7.51. The highest BCUT2D eigenvalue weighted by molar-refractivity contribution is 5.97. The Morgan fingerprint density at radius 1 is 1.25 bits per heavy atom. The summed E-state index contributed by atoms with van der Waals surface area (Å²) >= 11 is 0. The van der Waals surface area contributed by atoms with Crippen LogP contribution in [0.15, 0.2) is 36.9 Å². The predicted molar refractivity (Wildman–Crippen MR) is 84.8 cm³/mol. The van der Waals surface area contributed by atoms with Gasteiger partial charge in [0, 0.05) is 30.8 Å². The molecule has 1 heterocycles. The van der Waals surface area contributed by atoms with Crippen LogP contribution in [0.4, 0.5) is 18.9 Å². The maximum absolute atomic E-state index is 12.6. The Labute approximate surface area is 138 Å². The Bertz CT molecular complexity index is 611. The van der Waals surface area contributed by atoms with Crippen LogP contribution < -0.4 is 4.90 Å². The standard InChI is InChI=1S/C17H19F3N2O2/c1-2-10-21(12-17(18,19)20)16(24)13-6-8-14(9-7-13)22-11-4-3-5-15(22)23/h2,6-9H,1,3-5,10-12H2. The molecule has 0 aromatic heterocycles. The number of nitrogens with zero attached hydrogens (tertiary/aromatic N) is 2. The minimum atomic E-state index is -4.47. The van der Waals surface area contributed by atoms with Crippen molar-refractivity contribution >= 4 is 17.5 Å². The average molecular weight is 340 g/mol. The van der Waals surface area contributed by atoms with Gasteiger partial charge in [0.25, 0.3) is 5.91 Å². The summed E-state index contributed by atoms with van der Waals surface area (Å²) in [4.78, 5) is 26.5. The van der Waals surface area contributed by atoms with E-state index in [1.54, 1.807) is 17.0 Å². The number of hydrogen-bond donors (Lipinski definition) is 0. The van der Waals surface area contributed by atoms with Gasteiger partial charge in [0.1, 0.15) is 6.54 Å². The number of benzene rings is 1. The van der Waals surface area contributed by atoms with E-state index >= 15 is 0 Å². The van der Waals surface area contributed by atoms with E-state index in [2.05, 4.69) is 6.58 Å². The van der Waals surface area contributed by atoms with E-state index in [4.69, 9.17) is 0 Å². The highest BCUT2D eigenvalue weighted by Crippen LogP contribution is 2.23. The number of alkyl halides is 3. The molecule has 4 nitrogen and oxygen atoms in total. The number of anilines is 1. The smallest absolute Gasteiger partial charge is 0.326 e. The Morgan fingerprint density at radius 2 is 1.92 bits per heavy atom. The minimum absolute atomic E-state index is 0.0191. The molecular weight excluding hydrogens is 321 g/mol. The molecule has 0 unspecified atom stereocenters. The summed E-state index contributed by atoms with van der Waals surface area (Å²) in [5.74, 6) is -0.700.